The standard InChI is InChI=1S/C51H32N4/c52-33-34-24-30-40(31-25-34)51(39-18-8-3-9-19-39)45-23-13-12-22-43(45)47-42-21-11-10-20-41(42)44(32-46(47)51)35-26-28-38(29-27-35)50-54-48(36-14-4-1-5-15-36)53-49(55-50)37-16-6-2-7-17-37/h1-32H. The number of fused-ring (bicyclic) bond motifs is 5. The molecule has 1 aromatic heterocycles. The highest BCUT2D eigenvalue weighted by Gasteiger charge is 2.47. The van der Waals surface area contributed by atoms with Gasteiger partial charge in [-0.25, -0.2) is 15.0 Å². The van der Waals surface area contributed by atoms with Gasteiger partial charge in [-0.3, -0.25) is 0 Å². The first-order valence-electron chi connectivity index (χ1n) is 18.4. The Morgan fingerprint density at radius 3 is 1.45 bits per heavy atom. The van der Waals surface area contributed by atoms with E-state index in [9.17, 15) is 5.26 Å². The fourth-order valence-electron chi connectivity index (χ4n) is 8.38. The smallest absolute Gasteiger partial charge is 0.164 e. The Labute approximate surface area is 319 Å². The molecule has 4 nitrogen and oxygen atoms in total. The number of benzene rings is 8. The number of nitrogens with zero attached hydrogens (tertiary/aromatic N) is 4. The Bertz CT molecular complexity index is 2840. The third-order valence-corrected chi connectivity index (χ3v) is 10.9. The van der Waals surface area contributed by atoms with Crippen molar-refractivity contribution < 1.29 is 0 Å². The lowest BCUT2D eigenvalue weighted by Gasteiger charge is -2.34. The van der Waals surface area contributed by atoms with Crippen LogP contribution in [0.25, 0.3) is 67.2 Å². The highest BCUT2D eigenvalue weighted by atomic mass is 15.0. The van der Waals surface area contributed by atoms with Gasteiger partial charge in [0.25, 0.3) is 0 Å². The molecule has 0 saturated carbocycles. The van der Waals surface area contributed by atoms with Crippen molar-refractivity contribution in [2.24, 2.45) is 0 Å². The zero-order valence-electron chi connectivity index (χ0n) is 29.8. The van der Waals surface area contributed by atoms with Crippen molar-refractivity contribution in [3.63, 3.8) is 0 Å². The van der Waals surface area contributed by atoms with Crippen LogP contribution in [0.1, 0.15) is 27.8 Å². The maximum Gasteiger partial charge on any atom is 0.164 e. The molecule has 9 aromatic rings. The molecule has 8 aromatic carbocycles. The minimum Gasteiger partial charge on any atom is -0.208 e. The van der Waals surface area contributed by atoms with E-state index < -0.39 is 5.41 Å². The Morgan fingerprint density at radius 2 is 0.855 bits per heavy atom. The molecule has 0 spiro atoms. The average Bonchev–Trinajstić information content (AvgIpc) is 3.58. The van der Waals surface area contributed by atoms with Crippen LogP contribution in [-0.2, 0) is 5.41 Å². The van der Waals surface area contributed by atoms with Crippen molar-refractivity contribution in [1.82, 2.24) is 15.0 Å². The van der Waals surface area contributed by atoms with E-state index in [1.165, 1.54) is 38.6 Å². The maximum absolute atomic E-state index is 9.73. The quantitative estimate of drug-likeness (QED) is 0.173. The van der Waals surface area contributed by atoms with Gasteiger partial charge in [0, 0.05) is 16.7 Å². The molecule has 1 unspecified atom stereocenters. The summed E-state index contributed by atoms with van der Waals surface area (Å²) in [6, 6.07) is 69.9. The summed E-state index contributed by atoms with van der Waals surface area (Å²) in [6.07, 6.45) is 0. The second kappa shape index (κ2) is 13.2. The van der Waals surface area contributed by atoms with Crippen LogP contribution in [0.5, 0.6) is 0 Å². The molecule has 1 atom stereocenters. The average molecular weight is 701 g/mol. The molecule has 1 aliphatic rings. The van der Waals surface area contributed by atoms with Gasteiger partial charge in [0.05, 0.1) is 17.0 Å². The SMILES string of the molecule is N#Cc1ccc(C2(c3ccccc3)c3ccccc3-c3c2cc(-c2ccc(-c4nc(-c5ccccc5)nc(-c5ccccc5)n4)cc2)c2ccccc32)cc1. The highest BCUT2D eigenvalue weighted by Crippen LogP contribution is 2.59. The number of aromatic nitrogens is 3. The van der Waals surface area contributed by atoms with Crippen LogP contribution in [0.2, 0.25) is 0 Å². The summed E-state index contributed by atoms with van der Waals surface area (Å²) in [6.45, 7) is 0. The van der Waals surface area contributed by atoms with E-state index in [0.29, 0.717) is 23.0 Å². The minimum atomic E-state index is -0.605. The monoisotopic (exact) mass is 700 g/mol. The molecule has 0 amide bonds. The summed E-state index contributed by atoms with van der Waals surface area (Å²) < 4.78 is 0. The van der Waals surface area contributed by atoms with Crippen LogP contribution in [0.15, 0.2) is 194 Å². The summed E-state index contributed by atoms with van der Waals surface area (Å²) in [5.41, 5.74) is 12.3. The van der Waals surface area contributed by atoms with Crippen LogP contribution in [0.3, 0.4) is 0 Å². The molecular weight excluding hydrogens is 669 g/mol. The second-order valence-corrected chi connectivity index (χ2v) is 13.9. The Kier molecular flexibility index (Phi) is 7.71. The number of rotatable bonds is 6. The predicted octanol–water partition coefficient (Wildman–Crippen LogP) is 11.9. The van der Waals surface area contributed by atoms with Crippen molar-refractivity contribution in [3.8, 4) is 62.5 Å². The van der Waals surface area contributed by atoms with Crippen LogP contribution < -0.4 is 0 Å². The second-order valence-electron chi connectivity index (χ2n) is 13.9. The van der Waals surface area contributed by atoms with Gasteiger partial charge in [0.15, 0.2) is 17.5 Å². The predicted molar refractivity (Wildman–Crippen MR) is 221 cm³/mol. The molecule has 4 heteroatoms. The van der Waals surface area contributed by atoms with Crippen molar-refractivity contribution >= 4 is 10.8 Å². The van der Waals surface area contributed by atoms with Gasteiger partial charge in [-0.15, -0.1) is 0 Å². The largest absolute Gasteiger partial charge is 0.208 e. The van der Waals surface area contributed by atoms with Gasteiger partial charge >= 0.3 is 0 Å². The van der Waals surface area contributed by atoms with Crippen molar-refractivity contribution in [3.05, 3.63) is 222 Å². The molecule has 0 saturated heterocycles. The minimum absolute atomic E-state index is 0.605. The molecule has 0 fully saturated rings. The van der Waals surface area contributed by atoms with Crippen molar-refractivity contribution in [1.29, 1.82) is 5.26 Å². The zero-order valence-corrected chi connectivity index (χ0v) is 29.8. The molecule has 0 bridgehead atoms. The summed E-state index contributed by atoms with van der Waals surface area (Å²) in [7, 11) is 0. The van der Waals surface area contributed by atoms with E-state index in [4.69, 9.17) is 15.0 Å². The first kappa shape index (κ1) is 32.2. The van der Waals surface area contributed by atoms with Crippen LogP contribution in [0, 0.1) is 11.3 Å². The van der Waals surface area contributed by atoms with Gasteiger partial charge in [-0.2, -0.15) is 5.26 Å². The third-order valence-electron chi connectivity index (χ3n) is 10.9. The Morgan fingerprint density at radius 1 is 0.382 bits per heavy atom. The van der Waals surface area contributed by atoms with Gasteiger partial charge in [-0.1, -0.05) is 176 Å². The third kappa shape index (κ3) is 5.25. The summed E-state index contributed by atoms with van der Waals surface area (Å²) in [5.74, 6) is 1.90. The van der Waals surface area contributed by atoms with Gasteiger partial charge < -0.3 is 0 Å². The maximum atomic E-state index is 9.73. The topological polar surface area (TPSA) is 62.5 Å². The lowest BCUT2D eigenvalue weighted by Crippen LogP contribution is -2.28. The summed E-state index contributed by atoms with van der Waals surface area (Å²) in [5, 5.41) is 12.1. The van der Waals surface area contributed by atoms with Gasteiger partial charge in [0.1, 0.15) is 0 Å². The summed E-state index contributed by atoms with van der Waals surface area (Å²) in [4.78, 5) is 14.8. The molecular formula is C51H32N4. The van der Waals surface area contributed by atoms with E-state index in [2.05, 4.69) is 127 Å². The highest BCUT2D eigenvalue weighted by molar-refractivity contribution is 6.10. The first-order valence-corrected chi connectivity index (χ1v) is 18.4. The van der Waals surface area contributed by atoms with Crippen molar-refractivity contribution in [2.75, 3.05) is 0 Å². The van der Waals surface area contributed by atoms with E-state index >= 15 is 0 Å². The van der Waals surface area contributed by atoms with Crippen LogP contribution in [-0.4, -0.2) is 15.0 Å². The van der Waals surface area contributed by atoms with Gasteiger partial charge in [0.2, 0.25) is 0 Å². The Balaban J connectivity index is 1.18. The number of hydrogen-bond donors (Lipinski definition) is 0. The molecule has 1 aliphatic carbocycles. The van der Waals surface area contributed by atoms with Crippen LogP contribution >= 0.6 is 0 Å². The molecule has 0 N–H and O–H groups in total. The van der Waals surface area contributed by atoms with Gasteiger partial charge in [-0.05, 0) is 73.5 Å². The van der Waals surface area contributed by atoms with E-state index in [1.807, 2.05) is 72.8 Å². The molecule has 55 heavy (non-hydrogen) atoms. The Hall–Kier alpha value is -7.48. The van der Waals surface area contributed by atoms with E-state index in [0.717, 1.165) is 33.4 Å². The van der Waals surface area contributed by atoms with E-state index in [-0.39, 0.29) is 0 Å². The fourth-order valence-corrected chi connectivity index (χ4v) is 8.38. The van der Waals surface area contributed by atoms with E-state index in [1.54, 1.807) is 0 Å². The lowest BCUT2D eigenvalue weighted by atomic mass is 9.67. The normalized spacial score (nSPS) is 14.2. The van der Waals surface area contributed by atoms with Crippen LogP contribution in [0.4, 0.5) is 0 Å². The zero-order chi connectivity index (χ0) is 36.8. The lowest BCUT2D eigenvalue weighted by molar-refractivity contribution is 0.769. The first-order chi connectivity index (χ1) is 27.2. The molecule has 0 radical (unpaired) electrons. The number of nitriles is 1. The molecule has 0 aliphatic heterocycles. The summed E-state index contributed by atoms with van der Waals surface area (Å²) >= 11 is 0. The van der Waals surface area contributed by atoms with Crippen molar-refractivity contribution in [2.45, 2.75) is 5.41 Å². The number of hydrogen-bond acceptors (Lipinski definition) is 4. The molecule has 256 valence electrons. The fraction of sp³-hybridized carbons (Fsp3) is 0.0196. The molecule has 1 heterocycles. The molecule has 10 rings (SSSR count).